The number of amides is 3. The third-order valence-electron chi connectivity index (χ3n) is 4.49. The molecular weight excluding hydrogens is 352 g/mol. The number of benzene rings is 1. The zero-order chi connectivity index (χ0) is 19.3. The van der Waals surface area contributed by atoms with Gasteiger partial charge in [0.1, 0.15) is 0 Å². The van der Waals surface area contributed by atoms with Crippen LogP contribution in [0.5, 0.6) is 0 Å². The van der Waals surface area contributed by atoms with Crippen LogP contribution in [-0.4, -0.2) is 30.1 Å². The number of anilines is 1. The second kappa shape index (κ2) is 8.73. The first-order valence-electron chi connectivity index (χ1n) is 9.09. The van der Waals surface area contributed by atoms with E-state index in [2.05, 4.69) is 16.0 Å². The van der Waals surface area contributed by atoms with E-state index in [0.717, 1.165) is 25.7 Å². The van der Waals surface area contributed by atoms with Crippen molar-refractivity contribution in [1.82, 2.24) is 10.6 Å². The summed E-state index contributed by atoms with van der Waals surface area (Å²) in [6.45, 7) is 6.25. The lowest BCUT2D eigenvalue weighted by molar-refractivity contribution is 0.0908. The molecule has 5 N–H and O–H groups in total. The smallest absolute Gasteiger partial charge is 0.319 e. The van der Waals surface area contributed by atoms with Crippen molar-refractivity contribution < 1.29 is 9.59 Å². The molecule has 0 bridgehead atoms. The van der Waals surface area contributed by atoms with E-state index < -0.39 is 0 Å². The van der Waals surface area contributed by atoms with Gasteiger partial charge in [-0.1, -0.05) is 24.4 Å². The second-order valence-corrected chi connectivity index (χ2v) is 8.29. The van der Waals surface area contributed by atoms with Crippen LogP contribution in [0.15, 0.2) is 18.2 Å². The largest absolute Gasteiger partial charge is 0.349 e. The molecule has 0 aliphatic heterocycles. The van der Waals surface area contributed by atoms with Gasteiger partial charge in [0.15, 0.2) is 0 Å². The molecule has 7 heteroatoms. The number of urea groups is 1. The minimum absolute atomic E-state index is 0.0677. The van der Waals surface area contributed by atoms with Gasteiger partial charge in [-0.3, -0.25) is 4.79 Å². The van der Waals surface area contributed by atoms with Crippen LogP contribution in [0, 0.1) is 5.92 Å². The fraction of sp³-hybridized carbons (Fsp3) is 0.579. The van der Waals surface area contributed by atoms with Gasteiger partial charge in [0, 0.05) is 17.3 Å². The average Bonchev–Trinajstić information content (AvgIpc) is 2.55. The molecule has 144 valence electrons. The van der Waals surface area contributed by atoms with E-state index in [4.69, 9.17) is 17.3 Å². The number of carbonyl (C=O) groups excluding carboxylic acids is 2. The van der Waals surface area contributed by atoms with Gasteiger partial charge < -0.3 is 21.7 Å². The SMILES string of the molecule is CC(C)(C)NC(=O)Nc1ccc(Cl)c(C(=O)NC2CCCCC2CN)c1. The first kappa shape index (κ1) is 20.5. The quantitative estimate of drug-likeness (QED) is 0.643. The van der Waals surface area contributed by atoms with Crippen molar-refractivity contribution in [2.24, 2.45) is 11.7 Å². The average molecular weight is 381 g/mol. The summed E-state index contributed by atoms with van der Waals surface area (Å²) in [5.41, 5.74) is 6.35. The summed E-state index contributed by atoms with van der Waals surface area (Å²) >= 11 is 6.21. The number of halogens is 1. The number of hydrogen-bond acceptors (Lipinski definition) is 3. The number of rotatable bonds is 4. The highest BCUT2D eigenvalue weighted by Crippen LogP contribution is 2.25. The van der Waals surface area contributed by atoms with Crippen molar-refractivity contribution >= 4 is 29.2 Å². The molecule has 1 aromatic rings. The standard InChI is InChI=1S/C19H29ClN4O2/c1-19(2,3)24-18(26)22-13-8-9-15(20)14(10-13)17(25)23-16-7-5-4-6-12(16)11-21/h8-10,12,16H,4-7,11,21H2,1-3H3,(H,23,25)(H2,22,24,26). The van der Waals surface area contributed by atoms with Gasteiger partial charge >= 0.3 is 6.03 Å². The molecule has 1 saturated carbocycles. The Morgan fingerprint density at radius 3 is 2.58 bits per heavy atom. The summed E-state index contributed by atoms with van der Waals surface area (Å²) in [6.07, 6.45) is 4.20. The zero-order valence-corrected chi connectivity index (χ0v) is 16.5. The van der Waals surface area contributed by atoms with E-state index in [0.29, 0.717) is 28.7 Å². The lowest BCUT2D eigenvalue weighted by Gasteiger charge is -2.31. The van der Waals surface area contributed by atoms with E-state index in [-0.39, 0.29) is 23.5 Å². The summed E-state index contributed by atoms with van der Waals surface area (Å²) in [5.74, 6) is 0.0607. The van der Waals surface area contributed by atoms with Crippen LogP contribution >= 0.6 is 11.6 Å². The van der Waals surface area contributed by atoms with Crippen LogP contribution < -0.4 is 21.7 Å². The maximum atomic E-state index is 12.7. The number of hydrogen-bond donors (Lipinski definition) is 4. The highest BCUT2D eigenvalue weighted by atomic mass is 35.5. The molecule has 0 spiro atoms. The third kappa shape index (κ3) is 5.88. The Bertz CT molecular complexity index is 657. The molecule has 0 saturated heterocycles. The van der Waals surface area contributed by atoms with Crippen molar-refractivity contribution in [2.75, 3.05) is 11.9 Å². The maximum Gasteiger partial charge on any atom is 0.319 e. The van der Waals surface area contributed by atoms with Gasteiger partial charge in [-0.05, 0) is 64.3 Å². The second-order valence-electron chi connectivity index (χ2n) is 7.88. The van der Waals surface area contributed by atoms with Gasteiger partial charge in [-0.25, -0.2) is 4.79 Å². The molecule has 2 unspecified atom stereocenters. The summed E-state index contributed by atoms with van der Waals surface area (Å²) in [7, 11) is 0. The van der Waals surface area contributed by atoms with Crippen molar-refractivity contribution in [3.63, 3.8) is 0 Å². The molecule has 1 aliphatic rings. The van der Waals surface area contributed by atoms with E-state index in [9.17, 15) is 9.59 Å². The highest BCUT2D eigenvalue weighted by molar-refractivity contribution is 6.34. The van der Waals surface area contributed by atoms with Crippen LogP contribution in [-0.2, 0) is 0 Å². The Kier molecular flexibility index (Phi) is 6.89. The van der Waals surface area contributed by atoms with Crippen LogP contribution in [0.1, 0.15) is 56.8 Å². The summed E-state index contributed by atoms with van der Waals surface area (Å²) in [5, 5.41) is 8.96. The lowest BCUT2D eigenvalue weighted by atomic mass is 9.84. The maximum absolute atomic E-state index is 12.7. The molecule has 0 aromatic heterocycles. The molecule has 0 radical (unpaired) electrons. The molecule has 1 fully saturated rings. The highest BCUT2D eigenvalue weighted by Gasteiger charge is 2.26. The molecule has 6 nitrogen and oxygen atoms in total. The van der Waals surface area contributed by atoms with E-state index >= 15 is 0 Å². The molecular formula is C19H29ClN4O2. The van der Waals surface area contributed by atoms with Gasteiger partial charge in [-0.2, -0.15) is 0 Å². The Labute approximate surface area is 160 Å². The van der Waals surface area contributed by atoms with Crippen molar-refractivity contribution in [1.29, 1.82) is 0 Å². The minimum atomic E-state index is -0.352. The molecule has 2 rings (SSSR count). The predicted molar refractivity (Wildman–Crippen MR) is 106 cm³/mol. The number of nitrogens with two attached hydrogens (primary N) is 1. The number of nitrogens with one attached hydrogen (secondary N) is 3. The van der Waals surface area contributed by atoms with Crippen LogP contribution in [0.2, 0.25) is 5.02 Å². The Hall–Kier alpha value is -1.79. The van der Waals surface area contributed by atoms with Crippen LogP contribution in [0.25, 0.3) is 0 Å². The van der Waals surface area contributed by atoms with Crippen molar-refractivity contribution in [2.45, 2.75) is 58.0 Å². The third-order valence-corrected chi connectivity index (χ3v) is 4.82. The predicted octanol–water partition coefficient (Wildman–Crippen LogP) is 3.51. The fourth-order valence-electron chi connectivity index (χ4n) is 3.21. The van der Waals surface area contributed by atoms with Crippen LogP contribution in [0.4, 0.5) is 10.5 Å². The monoisotopic (exact) mass is 380 g/mol. The Balaban J connectivity index is 2.08. The fourth-order valence-corrected chi connectivity index (χ4v) is 3.41. The number of carbonyl (C=O) groups is 2. The van der Waals surface area contributed by atoms with Crippen LogP contribution in [0.3, 0.4) is 0 Å². The van der Waals surface area contributed by atoms with E-state index in [1.807, 2.05) is 20.8 Å². The van der Waals surface area contributed by atoms with Gasteiger partial charge in [0.2, 0.25) is 0 Å². The molecule has 1 aliphatic carbocycles. The normalized spacial score (nSPS) is 20.3. The molecule has 26 heavy (non-hydrogen) atoms. The van der Waals surface area contributed by atoms with Gasteiger partial charge in [-0.15, -0.1) is 0 Å². The van der Waals surface area contributed by atoms with E-state index in [1.54, 1.807) is 18.2 Å². The Morgan fingerprint density at radius 2 is 1.92 bits per heavy atom. The summed E-state index contributed by atoms with van der Waals surface area (Å²) < 4.78 is 0. The lowest BCUT2D eigenvalue weighted by Crippen LogP contribution is -2.45. The summed E-state index contributed by atoms with van der Waals surface area (Å²) in [6, 6.07) is 4.62. The van der Waals surface area contributed by atoms with Gasteiger partial charge in [0.25, 0.3) is 5.91 Å². The first-order valence-corrected chi connectivity index (χ1v) is 9.47. The zero-order valence-electron chi connectivity index (χ0n) is 15.7. The summed E-state index contributed by atoms with van der Waals surface area (Å²) in [4.78, 5) is 24.7. The topological polar surface area (TPSA) is 96.2 Å². The molecule has 0 heterocycles. The first-order chi connectivity index (χ1) is 12.2. The van der Waals surface area contributed by atoms with Crippen molar-refractivity contribution in [3.8, 4) is 0 Å². The van der Waals surface area contributed by atoms with Gasteiger partial charge in [0.05, 0.1) is 10.6 Å². The molecule has 2 atom stereocenters. The Morgan fingerprint density at radius 1 is 1.23 bits per heavy atom. The molecule has 1 aromatic carbocycles. The van der Waals surface area contributed by atoms with Crippen molar-refractivity contribution in [3.05, 3.63) is 28.8 Å². The van der Waals surface area contributed by atoms with E-state index in [1.165, 1.54) is 0 Å². The minimum Gasteiger partial charge on any atom is -0.349 e. The molecule has 3 amide bonds.